The summed E-state index contributed by atoms with van der Waals surface area (Å²) in [5.74, 6) is -0.470. The Balaban J connectivity index is 0.00000225. The predicted molar refractivity (Wildman–Crippen MR) is 54.8 cm³/mol. The second kappa shape index (κ2) is 5.62. The normalized spacial score (nSPS) is 13.5. The second-order valence-corrected chi connectivity index (χ2v) is 3.61. The Morgan fingerprint density at radius 2 is 1.62 bits per heavy atom. The van der Waals surface area contributed by atoms with E-state index in [2.05, 4.69) is 4.99 Å². The van der Waals surface area contributed by atoms with Crippen LogP contribution in [0.25, 0.3) is 0 Å². The minimum atomic E-state index is -0.259. The van der Waals surface area contributed by atoms with Gasteiger partial charge in [-0.15, -0.1) is 0 Å². The summed E-state index contributed by atoms with van der Waals surface area (Å²) in [6, 6.07) is 0. The number of nitrogens with two attached hydrogens (primary N) is 1. The van der Waals surface area contributed by atoms with Crippen molar-refractivity contribution in [2.24, 2.45) is 4.99 Å². The maximum absolute atomic E-state index is 11.7. The predicted octanol–water partition coefficient (Wildman–Crippen LogP) is -5.02. The maximum Gasteiger partial charge on any atom is 0.310 e. The molecule has 0 fully saturated rings. The van der Waals surface area contributed by atoms with E-state index in [1.807, 2.05) is 0 Å². The van der Waals surface area contributed by atoms with Crippen LogP contribution in [0.4, 0.5) is 0 Å². The topological polar surface area (TPSA) is 69.6 Å². The van der Waals surface area contributed by atoms with E-state index in [0.717, 1.165) is 0 Å². The Morgan fingerprint density at radius 1 is 1.12 bits per heavy atom. The van der Waals surface area contributed by atoms with Gasteiger partial charge in [0.25, 0.3) is 5.91 Å². The van der Waals surface area contributed by atoms with Crippen molar-refractivity contribution in [2.45, 2.75) is 0 Å². The number of rotatable bonds is 2. The van der Waals surface area contributed by atoms with E-state index in [1.165, 1.54) is 16.1 Å². The third kappa shape index (κ3) is 2.80. The van der Waals surface area contributed by atoms with Gasteiger partial charge in [0, 0.05) is 28.2 Å². The van der Waals surface area contributed by atoms with Crippen molar-refractivity contribution in [3.63, 3.8) is 0 Å². The molecule has 90 valence electrons. The van der Waals surface area contributed by atoms with Gasteiger partial charge in [0.2, 0.25) is 11.4 Å². The molecular weight excluding hydrogens is 232 g/mol. The van der Waals surface area contributed by atoms with Gasteiger partial charge in [-0.05, 0) is 0 Å². The average molecular weight is 247 g/mol. The minimum absolute atomic E-state index is 0. The summed E-state index contributed by atoms with van der Waals surface area (Å²) in [6.07, 6.45) is 1.47. The number of hydrogen-bond acceptors (Lipinski definition) is 3. The van der Waals surface area contributed by atoms with Crippen molar-refractivity contribution >= 4 is 18.2 Å². The Bertz CT molecular complexity index is 361. The number of nitrogens with zero attached hydrogens (tertiary/aromatic N) is 3. The summed E-state index contributed by atoms with van der Waals surface area (Å²) in [7, 11) is 6.53. The number of carbonyl (C=O) groups excluding carboxylic acids is 2. The van der Waals surface area contributed by atoms with E-state index in [1.54, 1.807) is 33.5 Å². The summed E-state index contributed by atoms with van der Waals surface area (Å²) in [4.78, 5) is 30.0. The third-order valence-electron chi connectivity index (χ3n) is 1.95. The fraction of sp³-hybridized carbons (Fsp3) is 0.444. The zero-order valence-electron chi connectivity index (χ0n) is 9.69. The van der Waals surface area contributed by atoms with Gasteiger partial charge >= 0.3 is 5.91 Å². The number of aliphatic imine (C=N–C) groups is 1. The van der Waals surface area contributed by atoms with Gasteiger partial charge in [-0.1, -0.05) is 0 Å². The van der Waals surface area contributed by atoms with E-state index in [-0.39, 0.29) is 29.9 Å². The van der Waals surface area contributed by atoms with Crippen LogP contribution in [0.15, 0.2) is 16.4 Å². The Kier molecular flexibility index (Phi) is 5.13. The molecule has 0 atom stereocenters. The first-order valence-corrected chi connectivity index (χ1v) is 4.50. The van der Waals surface area contributed by atoms with Crippen LogP contribution in [0.3, 0.4) is 0 Å². The van der Waals surface area contributed by atoms with E-state index < -0.39 is 0 Å². The van der Waals surface area contributed by atoms with Gasteiger partial charge in [0.05, 0.1) is 0 Å². The summed E-state index contributed by atoms with van der Waals surface area (Å²) in [5.41, 5.74) is 0.553. The van der Waals surface area contributed by atoms with Crippen molar-refractivity contribution in [2.75, 3.05) is 28.2 Å². The monoisotopic (exact) mass is 246 g/mol. The number of likely N-dealkylation sites (N-methyl/N-ethyl adjacent to an activating group) is 2. The standard InChI is InChI=1S/C9H14N4O2.ClH/c1-12(2)8(14)6-7(11-5-10-6)9(15)13(3)4;/h5H,1-4H3,(H,10,11);1H. The second-order valence-electron chi connectivity index (χ2n) is 3.61. The highest BCUT2D eigenvalue weighted by molar-refractivity contribution is 6.04. The summed E-state index contributed by atoms with van der Waals surface area (Å²) < 4.78 is 0. The first-order valence-electron chi connectivity index (χ1n) is 4.50. The van der Waals surface area contributed by atoms with Crippen LogP contribution in [-0.2, 0) is 9.59 Å². The Labute approximate surface area is 100 Å². The molecule has 0 aromatic rings. The van der Waals surface area contributed by atoms with Crippen molar-refractivity contribution in [1.29, 1.82) is 0 Å². The fourth-order valence-electron chi connectivity index (χ4n) is 1.13. The van der Waals surface area contributed by atoms with Crippen LogP contribution in [-0.4, -0.2) is 56.1 Å². The maximum atomic E-state index is 11.7. The zero-order chi connectivity index (χ0) is 11.6. The summed E-state index contributed by atoms with van der Waals surface area (Å²) >= 11 is 0. The molecule has 0 saturated heterocycles. The molecule has 2 N–H and O–H groups in total. The van der Waals surface area contributed by atoms with Crippen LogP contribution in [0, 0.1) is 0 Å². The number of halogens is 1. The first kappa shape index (κ1) is 14.6. The van der Waals surface area contributed by atoms with E-state index in [4.69, 9.17) is 0 Å². The molecule has 0 bridgehead atoms. The van der Waals surface area contributed by atoms with E-state index in [9.17, 15) is 9.59 Å². The van der Waals surface area contributed by atoms with E-state index >= 15 is 0 Å². The minimum Gasteiger partial charge on any atom is -1.00 e. The van der Waals surface area contributed by atoms with Crippen LogP contribution >= 0.6 is 0 Å². The average Bonchev–Trinajstić information content (AvgIpc) is 2.63. The summed E-state index contributed by atoms with van der Waals surface area (Å²) in [6.45, 7) is 0. The van der Waals surface area contributed by atoms with Crippen LogP contribution in [0.5, 0.6) is 0 Å². The molecule has 0 aromatic heterocycles. The lowest BCUT2D eigenvalue weighted by Crippen LogP contribution is -3.00. The van der Waals surface area contributed by atoms with Gasteiger partial charge in [-0.2, -0.15) is 4.99 Å². The molecule has 1 aliphatic heterocycles. The molecule has 2 amide bonds. The highest BCUT2D eigenvalue weighted by Gasteiger charge is 2.30. The number of carbonyl (C=O) groups is 2. The van der Waals surface area contributed by atoms with Gasteiger partial charge in [0.15, 0.2) is 6.34 Å². The number of hydrogen-bond donors (Lipinski definition) is 1. The molecule has 1 heterocycles. The van der Waals surface area contributed by atoms with Gasteiger partial charge < -0.3 is 22.2 Å². The molecular formula is C9H15ClN4O2. The molecule has 0 unspecified atom stereocenters. The molecule has 0 aliphatic carbocycles. The molecule has 0 radical (unpaired) electrons. The Morgan fingerprint density at radius 3 is 2.06 bits per heavy atom. The lowest BCUT2D eigenvalue weighted by atomic mass is 10.3. The quantitative estimate of drug-likeness (QED) is 0.530. The SMILES string of the molecule is CN(C)C(=O)C1=C(C(=O)N(C)C)[NH2+]C=N1.[Cl-]. The lowest BCUT2D eigenvalue weighted by molar-refractivity contribution is -0.464. The molecule has 0 aromatic carbocycles. The van der Waals surface area contributed by atoms with Gasteiger partial charge in [-0.25, -0.2) is 0 Å². The summed E-state index contributed by atoms with van der Waals surface area (Å²) in [5, 5.41) is 1.55. The number of quaternary nitrogens is 1. The van der Waals surface area contributed by atoms with Crippen LogP contribution in [0.2, 0.25) is 0 Å². The zero-order valence-corrected chi connectivity index (χ0v) is 10.4. The van der Waals surface area contributed by atoms with Gasteiger partial charge in [0.1, 0.15) is 0 Å². The van der Waals surface area contributed by atoms with Gasteiger partial charge in [-0.3, -0.25) is 14.9 Å². The van der Waals surface area contributed by atoms with Crippen molar-refractivity contribution in [3.05, 3.63) is 11.4 Å². The van der Waals surface area contributed by atoms with Crippen LogP contribution in [0.1, 0.15) is 0 Å². The molecule has 16 heavy (non-hydrogen) atoms. The third-order valence-corrected chi connectivity index (χ3v) is 1.95. The number of amides is 2. The van der Waals surface area contributed by atoms with Crippen molar-refractivity contribution in [3.8, 4) is 0 Å². The Hall–Kier alpha value is -1.40. The molecule has 6 nitrogen and oxygen atoms in total. The largest absolute Gasteiger partial charge is 1.00 e. The smallest absolute Gasteiger partial charge is 0.310 e. The highest BCUT2D eigenvalue weighted by Crippen LogP contribution is 2.07. The highest BCUT2D eigenvalue weighted by atomic mass is 35.5. The molecule has 1 rings (SSSR count). The van der Waals surface area contributed by atoms with Crippen molar-refractivity contribution in [1.82, 2.24) is 9.80 Å². The molecule has 7 heteroatoms. The van der Waals surface area contributed by atoms with E-state index in [0.29, 0.717) is 5.70 Å². The van der Waals surface area contributed by atoms with Crippen molar-refractivity contribution < 1.29 is 27.3 Å². The van der Waals surface area contributed by atoms with Crippen LogP contribution < -0.4 is 17.7 Å². The first-order chi connectivity index (χ1) is 6.95. The molecule has 0 saturated carbocycles. The molecule has 1 aliphatic rings. The fourth-order valence-corrected chi connectivity index (χ4v) is 1.13. The molecule has 0 spiro atoms. The lowest BCUT2D eigenvalue weighted by Gasteiger charge is -2.11.